The number of fused-ring (bicyclic) bond motifs is 1. The zero-order valence-corrected chi connectivity index (χ0v) is 14.2. The molecule has 2 rings (SSSR count). The van der Waals surface area contributed by atoms with Crippen molar-refractivity contribution in [3.63, 3.8) is 0 Å². The summed E-state index contributed by atoms with van der Waals surface area (Å²) >= 11 is 0. The number of ether oxygens (including phenoxy) is 1. The van der Waals surface area contributed by atoms with Crippen molar-refractivity contribution in [1.29, 1.82) is 0 Å². The lowest BCUT2D eigenvalue weighted by Gasteiger charge is -2.19. The van der Waals surface area contributed by atoms with Gasteiger partial charge in [-0.05, 0) is 32.9 Å². The lowest BCUT2D eigenvalue weighted by atomic mass is 10.1. The molecule has 0 radical (unpaired) electrons. The van der Waals surface area contributed by atoms with E-state index in [1.165, 1.54) is 12.1 Å². The first kappa shape index (κ1) is 18.2. The van der Waals surface area contributed by atoms with Gasteiger partial charge in [0.05, 0.1) is 16.5 Å². The first-order valence-electron chi connectivity index (χ1n) is 7.68. The van der Waals surface area contributed by atoms with Gasteiger partial charge in [-0.1, -0.05) is 6.07 Å². The number of aromatic nitrogens is 2. The normalized spacial score (nSPS) is 11.2. The van der Waals surface area contributed by atoms with E-state index < -0.39 is 28.7 Å². The highest BCUT2D eigenvalue weighted by atomic mass is 16.6. The smallest absolute Gasteiger partial charge is 0.407 e. The second kappa shape index (κ2) is 7.20. The SMILES string of the molecule is CC(C)(C)OC(=O)NCCC(=O)Nc1cccc2c(=O)[nH][nH]c(=O)c12. The number of benzene rings is 1. The van der Waals surface area contributed by atoms with E-state index in [4.69, 9.17) is 4.74 Å². The molecule has 1 aromatic heterocycles. The summed E-state index contributed by atoms with van der Waals surface area (Å²) in [5.41, 5.74) is -1.37. The van der Waals surface area contributed by atoms with Gasteiger partial charge in [0.2, 0.25) is 5.91 Å². The predicted octanol–water partition coefficient (Wildman–Crippen LogP) is 1.07. The Kier molecular flexibility index (Phi) is 5.26. The number of H-pyrrole nitrogens is 2. The number of amides is 2. The summed E-state index contributed by atoms with van der Waals surface area (Å²) in [6.07, 6.45) is -0.634. The Hall–Kier alpha value is -3.10. The van der Waals surface area contributed by atoms with Gasteiger partial charge in [-0.2, -0.15) is 0 Å². The van der Waals surface area contributed by atoms with Crippen molar-refractivity contribution in [2.75, 3.05) is 11.9 Å². The summed E-state index contributed by atoms with van der Waals surface area (Å²) < 4.78 is 5.06. The van der Waals surface area contributed by atoms with Gasteiger partial charge < -0.3 is 15.4 Å². The fraction of sp³-hybridized carbons (Fsp3) is 0.375. The fourth-order valence-corrected chi connectivity index (χ4v) is 2.14. The molecule has 25 heavy (non-hydrogen) atoms. The van der Waals surface area contributed by atoms with Gasteiger partial charge in [-0.15, -0.1) is 0 Å². The van der Waals surface area contributed by atoms with E-state index in [9.17, 15) is 19.2 Å². The van der Waals surface area contributed by atoms with Crippen molar-refractivity contribution in [2.45, 2.75) is 32.8 Å². The third kappa shape index (κ3) is 4.93. The summed E-state index contributed by atoms with van der Waals surface area (Å²) in [5, 5.41) is 9.75. The van der Waals surface area contributed by atoms with Crippen molar-refractivity contribution >= 4 is 28.5 Å². The Morgan fingerprint density at radius 2 is 1.80 bits per heavy atom. The van der Waals surface area contributed by atoms with Gasteiger partial charge in [-0.25, -0.2) is 4.79 Å². The average Bonchev–Trinajstić information content (AvgIpc) is 2.49. The maximum atomic E-state index is 12.0. The van der Waals surface area contributed by atoms with E-state index >= 15 is 0 Å². The summed E-state index contributed by atoms with van der Waals surface area (Å²) in [4.78, 5) is 47.2. The molecule has 0 saturated heterocycles. The minimum Gasteiger partial charge on any atom is -0.444 e. The van der Waals surface area contributed by atoms with Crippen LogP contribution in [0.25, 0.3) is 10.8 Å². The lowest BCUT2D eigenvalue weighted by molar-refractivity contribution is -0.116. The first-order chi connectivity index (χ1) is 11.7. The molecule has 1 aromatic carbocycles. The van der Waals surface area contributed by atoms with Crippen LogP contribution in [-0.4, -0.2) is 34.3 Å². The molecular weight excluding hydrogens is 328 g/mol. The molecule has 9 nitrogen and oxygen atoms in total. The number of alkyl carbamates (subject to hydrolysis) is 1. The molecule has 0 bridgehead atoms. The summed E-state index contributed by atoms with van der Waals surface area (Å²) in [5.74, 6) is -0.414. The van der Waals surface area contributed by atoms with Crippen molar-refractivity contribution in [3.8, 4) is 0 Å². The van der Waals surface area contributed by atoms with Crippen molar-refractivity contribution in [2.24, 2.45) is 0 Å². The standard InChI is InChI=1S/C16H20N4O5/c1-16(2,3)25-15(24)17-8-7-11(21)18-10-6-4-5-9-12(10)14(23)20-19-13(9)22/h4-6H,7-8H2,1-3H3,(H,17,24)(H,18,21)(H,19,22)(H,20,23). The highest BCUT2D eigenvalue weighted by Crippen LogP contribution is 2.16. The number of rotatable bonds is 4. The molecule has 0 fully saturated rings. The Morgan fingerprint density at radius 1 is 1.12 bits per heavy atom. The van der Waals surface area contributed by atoms with Gasteiger partial charge in [0, 0.05) is 13.0 Å². The van der Waals surface area contributed by atoms with Gasteiger partial charge in [-0.3, -0.25) is 24.6 Å². The van der Waals surface area contributed by atoms with Crippen molar-refractivity contribution in [3.05, 3.63) is 38.9 Å². The maximum absolute atomic E-state index is 12.0. The van der Waals surface area contributed by atoms with Crippen LogP contribution >= 0.6 is 0 Å². The Morgan fingerprint density at radius 3 is 2.48 bits per heavy atom. The molecule has 0 saturated carbocycles. The molecule has 0 spiro atoms. The number of aromatic amines is 2. The van der Waals surface area contributed by atoms with E-state index in [-0.39, 0.29) is 29.4 Å². The van der Waals surface area contributed by atoms with Crippen LogP contribution < -0.4 is 21.8 Å². The number of carbonyl (C=O) groups is 2. The molecule has 0 atom stereocenters. The fourth-order valence-electron chi connectivity index (χ4n) is 2.14. The van der Waals surface area contributed by atoms with Gasteiger partial charge in [0.1, 0.15) is 5.60 Å². The third-order valence-corrected chi connectivity index (χ3v) is 3.12. The minimum atomic E-state index is -0.622. The molecule has 134 valence electrons. The largest absolute Gasteiger partial charge is 0.444 e. The minimum absolute atomic E-state index is 0.0171. The predicted molar refractivity (Wildman–Crippen MR) is 92.7 cm³/mol. The van der Waals surface area contributed by atoms with Crippen LogP contribution in [0.4, 0.5) is 10.5 Å². The average molecular weight is 348 g/mol. The number of nitrogens with one attached hydrogen (secondary N) is 4. The van der Waals surface area contributed by atoms with Gasteiger partial charge in [0.25, 0.3) is 11.1 Å². The quantitative estimate of drug-likeness (QED) is 0.656. The molecule has 1 heterocycles. The molecule has 0 aliphatic carbocycles. The molecule has 0 unspecified atom stereocenters. The van der Waals surface area contributed by atoms with Crippen LogP contribution in [0.1, 0.15) is 27.2 Å². The Labute approximate surface area is 142 Å². The Bertz CT molecular complexity index is 907. The van der Waals surface area contributed by atoms with E-state index in [1.54, 1.807) is 26.8 Å². The second-order valence-electron chi connectivity index (χ2n) is 6.36. The van der Waals surface area contributed by atoms with Crippen LogP contribution in [0.15, 0.2) is 27.8 Å². The molecular formula is C16H20N4O5. The Balaban J connectivity index is 2.01. The topological polar surface area (TPSA) is 133 Å². The molecule has 0 aliphatic heterocycles. The van der Waals surface area contributed by atoms with Gasteiger partial charge >= 0.3 is 6.09 Å². The lowest BCUT2D eigenvalue weighted by Crippen LogP contribution is -2.34. The summed E-state index contributed by atoms with van der Waals surface area (Å²) in [6, 6.07) is 4.57. The molecule has 2 amide bonds. The van der Waals surface area contributed by atoms with E-state index in [2.05, 4.69) is 20.8 Å². The number of carbonyl (C=O) groups excluding carboxylic acids is 2. The highest BCUT2D eigenvalue weighted by molar-refractivity contribution is 6.01. The molecule has 0 aliphatic rings. The van der Waals surface area contributed by atoms with Crippen molar-refractivity contribution < 1.29 is 14.3 Å². The zero-order valence-electron chi connectivity index (χ0n) is 14.2. The van der Waals surface area contributed by atoms with E-state index in [0.29, 0.717) is 0 Å². The monoisotopic (exact) mass is 348 g/mol. The van der Waals surface area contributed by atoms with Crippen LogP contribution in [0.5, 0.6) is 0 Å². The summed E-state index contributed by atoms with van der Waals surface area (Å²) in [6.45, 7) is 5.28. The van der Waals surface area contributed by atoms with E-state index in [0.717, 1.165) is 0 Å². The molecule has 9 heteroatoms. The van der Waals surface area contributed by atoms with Crippen LogP contribution in [-0.2, 0) is 9.53 Å². The molecule has 4 N–H and O–H groups in total. The van der Waals surface area contributed by atoms with Crippen LogP contribution in [0.2, 0.25) is 0 Å². The maximum Gasteiger partial charge on any atom is 0.407 e. The summed E-state index contributed by atoms with van der Waals surface area (Å²) in [7, 11) is 0. The molecule has 2 aromatic rings. The van der Waals surface area contributed by atoms with Crippen LogP contribution in [0, 0.1) is 0 Å². The van der Waals surface area contributed by atoms with Gasteiger partial charge in [0.15, 0.2) is 0 Å². The third-order valence-electron chi connectivity index (χ3n) is 3.12. The second-order valence-corrected chi connectivity index (χ2v) is 6.36. The van der Waals surface area contributed by atoms with Crippen molar-refractivity contribution in [1.82, 2.24) is 15.5 Å². The number of hydrogen-bond donors (Lipinski definition) is 4. The van der Waals surface area contributed by atoms with E-state index in [1.807, 2.05) is 0 Å². The van der Waals surface area contributed by atoms with Crippen LogP contribution in [0.3, 0.4) is 0 Å². The zero-order chi connectivity index (χ0) is 18.6. The number of hydrogen-bond acceptors (Lipinski definition) is 5. The first-order valence-corrected chi connectivity index (χ1v) is 7.68. The number of anilines is 1. The highest BCUT2D eigenvalue weighted by Gasteiger charge is 2.16.